The Balaban J connectivity index is 1.74. The first-order valence-corrected chi connectivity index (χ1v) is 12.2. The third kappa shape index (κ3) is 5.97. The highest BCUT2D eigenvalue weighted by Gasteiger charge is 2.17. The van der Waals surface area contributed by atoms with Gasteiger partial charge in [0.15, 0.2) is 0 Å². The van der Waals surface area contributed by atoms with Crippen molar-refractivity contribution in [3.05, 3.63) is 77.8 Å². The van der Waals surface area contributed by atoms with Crippen LogP contribution < -0.4 is 14.8 Å². The SMILES string of the molecule is CC(=O)Nc1ccc(S(=O)(=O)Nc2ccc(S(=O)(=O)Nc3cccc(Cl)c3)cc2)cc1. The summed E-state index contributed by atoms with van der Waals surface area (Å²) < 4.78 is 54.9. The standard InChI is InChI=1S/C20H18ClN3O5S2/c1-14(25)22-16-5-9-19(10-6-16)30(26,27)23-17-7-11-20(12-8-17)31(28,29)24-18-4-2-3-15(21)13-18/h2-13,23-24H,1H3,(H,22,25). The number of hydrogen-bond donors (Lipinski definition) is 3. The number of amides is 1. The highest BCUT2D eigenvalue weighted by Crippen LogP contribution is 2.22. The summed E-state index contributed by atoms with van der Waals surface area (Å²) in [4.78, 5) is 11.0. The van der Waals surface area contributed by atoms with Crippen LogP contribution >= 0.6 is 11.6 Å². The average molecular weight is 480 g/mol. The summed E-state index contributed by atoms with van der Waals surface area (Å²) in [6.45, 7) is 1.35. The van der Waals surface area contributed by atoms with Gasteiger partial charge in [-0.2, -0.15) is 0 Å². The lowest BCUT2D eigenvalue weighted by Crippen LogP contribution is -2.14. The summed E-state index contributed by atoms with van der Waals surface area (Å²) in [6, 6.07) is 17.1. The topological polar surface area (TPSA) is 121 Å². The van der Waals surface area contributed by atoms with Gasteiger partial charge in [-0.3, -0.25) is 14.2 Å². The quantitative estimate of drug-likeness (QED) is 0.474. The van der Waals surface area contributed by atoms with Crippen LogP contribution in [0, 0.1) is 0 Å². The molecule has 1 amide bonds. The molecule has 0 bridgehead atoms. The summed E-state index contributed by atoms with van der Waals surface area (Å²) in [5.41, 5.74) is 0.959. The molecule has 3 N–H and O–H groups in total. The Morgan fingerprint density at radius 2 is 1.19 bits per heavy atom. The van der Waals surface area contributed by atoms with E-state index in [1.807, 2.05) is 0 Å². The Hall–Kier alpha value is -3.08. The molecule has 0 spiro atoms. The summed E-state index contributed by atoms with van der Waals surface area (Å²) in [7, 11) is -7.78. The van der Waals surface area contributed by atoms with Crippen molar-refractivity contribution in [2.75, 3.05) is 14.8 Å². The number of hydrogen-bond acceptors (Lipinski definition) is 5. The lowest BCUT2D eigenvalue weighted by Gasteiger charge is -2.11. The fourth-order valence-electron chi connectivity index (χ4n) is 2.60. The zero-order valence-corrected chi connectivity index (χ0v) is 18.6. The summed E-state index contributed by atoms with van der Waals surface area (Å²) >= 11 is 5.86. The number of rotatable bonds is 7. The van der Waals surface area contributed by atoms with Crippen LogP contribution in [0.4, 0.5) is 17.1 Å². The van der Waals surface area contributed by atoms with E-state index in [1.165, 1.54) is 61.5 Å². The van der Waals surface area contributed by atoms with Crippen LogP contribution in [0.15, 0.2) is 82.6 Å². The molecule has 3 rings (SSSR count). The summed E-state index contributed by atoms with van der Waals surface area (Å²) in [5, 5.41) is 2.93. The van der Waals surface area contributed by atoms with Gasteiger partial charge in [0.2, 0.25) is 5.91 Å². The fraction of sp³-hybridized carbons (Fsp3) is 0.0500. The molecule has 31 heavy (non-hydrogen) atoms. The van der Waals surface area contributed by atoms with Crippen LogP contribution in [-0.2, 0) is 24.8 Å². The Bertz CT molecular complexity index is 1310. The molecule has 0 aliphatic rings. The number of anilines is 3. The molecule has 0 aromatic heterocycles. The van der Waals surface area contributed by atoms with Crippen molar-refractivity contribution < 1.29 is 21.6 Å². The van der Waals surface area contributed by atoms with E-state index in [-0.39, 0.29) is 21.4 Å². The molecule has 11 heteroatoms. The van der Waals surface area contributed by atoms with Crippen molar-refractivity contribution >= 4 is 54.6 Å². The second-order valence-corrected chi connectivity index (χ2v) is 10.3. The third-order valence-corrected chi connectivity index (χ3v) is 7.01. The third-order valence-electron chi connectivity index (χ3n) is 3.98. The van der Waals surface area contributed by atoms with Gasteiger partial charge in [-0.25, -0.2) is 16.8 Å². The number of benzene rings is 3. The molecule has 0 saturated carbocycles. The minimum absolute atomic E-state index is 0.0130. The molecule has 0 atom stereocenters. The van der Waals surface area contributed by atoms with Gasteiger partial charge in [0, 0.05) is 23.3 Å². The normalized spacial score (nSPS) is 11.5. The molecule has 3 aromatic rings. The molecule has 8 nitrogen and oxygen atoms in total. The lowest BCUT2D eigenvalue weighted by molar-refractivity contribution is -0.114. The van der Waals surface area contributed by atoms with Crippen LogP contribution in [0.25, 0.3) is 0 Å². The van der Waals surface area contributed by atoms with Gasteiger partial charge in [-0.1, -0.05) is 17.7 Å². The second kappa shape index (κ2) is 8.96. The maximum atomic E-state index is 12.5. The van der Waals surface area contributed by atoms with Crippen LogP contribution in [0.5, 0.6) is 0 Å². The Kier molecular flexibility index (Phi) is 6.54. The Morgan fingerprint density at radius 3 is 1.68 bits per heavy atom. The van der Waals surface area contributed by atoms with Gasteiger partial charge in [0.05, 0.1) is 15.5 Å². The smallest absolute Gasteiger partial charge is 0.261 e. The van der Waals surface area contributed by atoms with Crippen molar-refractivity contribution in [1.82, 2.24) is 0 Å². The second-order valence-electron chi connectivity index (χ2n) is 6.45. The Labute approximate surface area is 185 Å². The van der Waals surface area contributed by atoms with E-state index in [0.717, 1.165) is 0 Å². The largest absolute Gasteiger partial charge is 0.326 e. The van der Waals surface area contributed by atoms with Gasteiger partial charge in [0.25, 0.3) is 20.0 Å². The van der Waals surface area contributed by atoms with E-state index < -0.39 is 20.0 Å². The van der Waals surface area contributed by atoms with E-state index in [4.69, 9.17) is 11.6 Å². The zero-order valence-electron chi connectivity index (χ0n) is 16.2. The molecular formula is C20H18ClN3O5S2. The van der Waals surface area contributed by atoms with Crippen molar-refractivity contribution in [3.63, 3.8) is 0 Å². The number of nitrogens with one attached hydrogen (secondary N) is 3. The van der Waals surface area contributed by atoms with Gasteiger partial charge in [-0.15, -0.1) is 0 Å². The van der Waals surface area contributed by atoms with E-state index >= 15 is 0 Å². The van der Waals surface area contributed by atoms with Crippen LogP contribution in [0.3, 0.4) is 0 Å². The number of carbonyl (C=O) groups is 1. The minimum atomic E-state index is -3.90. The Morgan fingerprint density at radius 1 is 0.710 bits per heavy atom. The molecule has 0 aliphatic carbocycles. The van der Waals surface area contributed by atoms with Crippen LogP contribution in [-0.4, -0.2) is 22.7 Å². The van der Waals surface area contributed by atoms with Crippen molar-refractivity contribution in [2.24, 2.45) is 0 Å². The van der Waals surface area contributed by atoms with E-state index in [0.29, 0.717) is 16.4 Å². The number of sulfonamides is 2. The van der Waals surface area contributed by atoms with Crippen molar-refractivity contribution in [3.8, 4) is 0 Å². The monoisotopic (exact) mass is 479 g/mol. The lowest BCUT2D eigenvalue weighted by atomic mass is 10.3. The van der Waals surface area contributed by atoms with Gasteiger partial charge in [-0.05, 0) is 66.7 Å². The van der Waals surface area contributed by atoms with Crippen LogP contribution in [0.2, 0.25) is 5.02 Å². The molecule has 0 aliphatic heterocycles. The van der Waals surface area contributed by atoms with Gasteiger partial charge in [0.1, 0.15) is 0 Å². The molecule has 0 saturated heterocycles. The maximum absolute atomic E-state index is 12.5. The number of carbonyl (C=O) groups excluding carboxylic acids is 1. The average Bonchev–Trinajstić information content (AvgIpc) is 2.68. The van der Waals surface area contributed by atoms with Crippen molar-refractivity contribution in [1.29, 1.82) is 0 Å². The predicted octanol–water partition coefficient (Wildman–Crippen LogP) is 3.90. The minimum Gasteiger partial charge on any atom is -0.326 e. The van der Waals surface area contributed by atoms with Gasteiger partial charge < -0.3 is 5.32 Å². The summed E-state index contributed by atoms with van der Waals surface area (Å²) in [5.74, 6) is -0.270. The molecule has 0 fully saturated rings. The first kappa shape index (κ1) is 22.6. The van der Waals surface area contributed by atoms with E-state index in [1.54, 1.807) is 18.2 Å². The molecule has 0 heterocycles. The molecule has 0 radical (unpaired) electrons. The fourth-order valence-corrected chi connectivity index (χ4v) is 4.90. The molecule has 0 unspecified atom stereocenters. The maximum Gasteiger partial charge on any atom is 0.261 e. The molecular weight excluding hydrogens is 462 g/mol. The van der Waals surface area contributed by atoms with Gasteiger partial charge >= 0.3 is 0 Å². The highest BCUT2D eigenvalue weighted by atomic mass is 35.5. The van der Waals surface area contributed by atoms with Crippen LogP contribution in [0.1, 0.15) is 6.92 Å². The summed E-state index contributed by atoms with van der Waals surface area (Å²) in [6.07, 6.45) is 0. The molecule has 162 valence electrons. The highest BCUT2D eigenvalue weighted by molar-refractivity contribution is 7.93. The van der Waals surface area contributed by atoms with E-state index in [2.05, 4.69) is 14.8 Å². The first-order valence-electron chi connectivity index (χ1n) is 8.84. The predicted molar refractivity (Wildman–Crippen MR) is 120 cm³/mol. The van der Waals surface area contributed by atoms with Crippen molar-refractivity contribution in [2.45, 2.75) is 16.7 Å². The number of halogens is 1. The van der Waals surface area contributed by atoms with E-state index in [9.17, 15) is 21.6 Å². The first-order chi connectivity index (χ1) is 14.5. The zero-order chi connectivity index (χ0) is 22.6. The molecule has 3 aromatic carbocycles.